The molecule has 0 bridgehead atoms. The van der Waals surface area contributed by atoms with E-state index in [1.165, 1.54) is 34.3 Å². The van der Waals surface area contributed by atoms with Gasteiger partial charge in [-0.05, 0) is 63.9 Å². The second-order valence-corrected chi connectivity index (χ2v) is 15.7. The molecule has 1 aromatic heterocycles. The van der Waals surface area contributed by atoms with E-state index in [-0.39, 0.29) is 31.3 Å². The highest BCUT2D eigenvalue weighted by atomic mass is 32.1. The number of nitrogens with one attached hydrogen (secondary N) is 4. The van der Waals surface area contributed by atoms with Crippen molar-refractivity contribution in [1.29, 1.82) is 0 Å². The van der Waals surface area contributed by atoms with Crippen LogP contribution < -0.4 is 21.3 Å². The minimum atomic E-state index is -1.45. The standard InChI is InChI=1S/C37H50N8O8S/c1-21-18-28-35(51)53-23(3)29(41-30(46)25(19-24-10-5-4-6-11-24)40-36(52)42-37-38-14-17-54-37)34(50)44-16-9-13-27(44)33(49)43-15-8-7-12-26(43)31(47)39-22(2)32(48)45(28)20-21/h4-6,10-11,14,17,21-23,25-29,31,39,47H,7-9,12-13,15-16,18-20H2,1-3H3,(H,41,46)(H2,38,40,42,52). The normalized spacial score (nSPS) is 30.2. The second-order valence-electron chi connectivity index (χ2n) is 14.8. The zero-order valence-corrected chi connectivity index (χ0v) is 31.6. The molecule has 9 unspecified atom stereocenters. The number of amides is 6. The predicted octanol–water partition coefficient (Wildman–Crippen LogP) is 1.21. The van der Waals surface area contributed by atoms with E-state index in [4.69, 9.17) is 4.74 Å². The Morgan fingerprint density at radius 3 is 2.46 bits per heavy atom. The lowest BCUT2D eigenvalue weighted by atomic mass is 9.98. The number of fused-ring (bicyclic) bond motifs is 3. The van der Waals surface area contributed by atoms with Crippen LogP contribution in [-0.4, -0.2) is 129 Å². The molecule has 9 atom stereocenters. The van der Waals surface area contributed by atoms with Crippen LogP contribution in [0, 0.1) is 5.92 Å². The third-order valence-electron chi connectivity index (χ3n) is 10.8. The maximum Gasteiger partial charge on any atom is 0.329 e. The molecule has 2 aromatic rings. The third kappa shape index (κ3) is 8.84. The number of anilines is 1. The first-order valence-electron chi connectivity index (χ1n) is 18.8. The van der Waals surface area contributed by atoms with Crippen molar-refractivity contribution in [2.75, 3.05) is 25.0 Å². The van der Waals surface area contributed by atoms with E-state index in [9.17, 15) is 33.9 Å². The predicted molar refractivity (Wildman–Crippen MR) is 198 cm³/mol. The Morgan fingerprint density at radius 1 is 0.963 bits per heavy atom. The molecule has 4 saturated heterocycles. The van der Waals surface area contributed by atoms with Crippen LogP contribution in [0.2, 0.25) is 0 Å². The number of hydrogen-bond donors (Lipinski definition) is 5. The first-order valence-corrected chi connectivity index (χ1v) is 19.7. The molecule has 0 spiro atoms. The summed E-state index contributed by atoms with van der Waals surface area (Å²) in [4.78, 5) is 92.5. The van der Waals surface area contributed by atoms with Crippen LogP contribution >= 0.6 is 11.3 Å². The molecule has 6 amide bonds. The fraction of sp³-hybridized carbons (Fsp3) is 0.595. The quantitative estimate of drug-likeness (QED) is 0.266. The van der Waals surface area contributed by atoms with Crippen molar-refractivity contribution in [2.45, 2.75) is 114 Å². The molecule has 5 heterocycles. The molecule has 0 aliphatic carbocycles. The highest BCUT2D eigenvalue weighted by Crippen LogP contribution is 2.29. The number of carbonyl (C=O) groups is 6. The number of piperidine rings is 1. The first-order chi connectivity index (χ1) is 25.9. The Hall–Kier alpha value is -4.61. The molecule has 6 rings (SSSR count). The van der Waals surface area contributed by atoms with Gasteiger partial charge >= 0.3 is 12.0 Å². The first kappa shape index (κ1) is 39.1. The Morgan fingerprint density at radius 2 is 1.72 bits per heavy atom. The zero-order valence-electron chi connectivity index (χ0n) is 30.8. The monoisotopic (exact) mass is 766 g/mol. The van der Waals surface area contributed by atoms with Crippen LogP contribution in [0.1, 0.15) is 64.9 Å². The summed E-state index contributed by atoms with van der Waals surface area (Å²) in [6.45, 7) is 5.92. The van der Waals surface area contributed by atoms with Gasteiger partial charge in [-0.3, -0.25) is 29.8 Å². The van der Waals surface area contributed by atoms with Gasteiger partial charge in [0, 0.05) is 37.6 Å². The van der Waals surface area contributed by atoms with Crippen molar-refractivity contribution in [3.63, 3.8) is 0 Å². The Kier molecular flexibility index (Phi) is 12.5. The van der Waals surface area contributed by atoms with Crippen molar-refractivity contribution in [2.24, 2.45) is 5.92 Å². The SMILES string of the molecule is CC1CC2C(=O)OC(C)C(NC(=O)C(Cc3ccccc3)NC(=O)Nc3nccs3)C(=O)N3CCCC3C(=O)N3CCCCC3C(O)NC(C)C(=O)N2C1. The van der Waals surface area contributed by atoms with Gasteiger partial charge in [-0.2, -0.15) is 0 Å². The van der Waals surface area contributed by atoms with E-state index in [0.29, 0.717) is 37.4 Å². The van der Waals surface area contributed by atoms with Gasteiger partial charge < -0.3 is 35.2 Å². The summed E-state index contributed by atoms with van der Waals surface area (Å²) < 4.78 is 5.95. The largest absolute Gasteiger partial charge is 0.458 e. The van der Waals surface area contributed by atoms with Crippen molar-refractivity contribution in [3.05, 3.63) is 47.5 Å². The van der Waals surface area contributed by atoms with Crippen LogP contribution in [0.25, 0.3) is 0 Å². The average molecular weight is 767 g/mol. The molecular formula is C37H50N8O8S. The highest BCUT2D eigenvalue weighted by Gasteiger charge is 2.47. The molecule has 4 fully saturated rings. The summed E-state index contributed by atoms with van der Waals surface area (Å²) in [5, 5.41) is 24.5. The molecule has 5 N–H and O–H groups in total. The number of cyclic esters (lactones) is 1. The number of ether oxygens (including phenoxy) is 1. The fourth-order valence-corrected chi connectivity index (χ4v) is 8.54. The van der Waals surface area contributed by atoms with Crippen molar-refractivity contribution in [3.8, 4) is 0 Å². The molecule has 0 radical (unpaired) electrons. The average Bonchev–Trinajstić information content (AvgIpc) is 3.94. The third-order valence-corrected chi connectivity index (χ3v) is 11.5. The number of rotatable bonds is 6. The van der Waals surface area contributed by atoms with Crippen molar-refractivity contribution >= 4 is 52.1 Å². The Bertz CT molecular complexity index is 1680. The number of esters is 1. The van der Waals surface area contributed by atoms with Crippen LogP contribution in [-0.2, 0) is 35.1 Å². The van der Waals surface area contributed by atoms with Gasteiger partial charge in [-0.1, -0.05) is 37.3 Å². The lowest BCUT2D eigenvalue weighted by Crippen LogP contribution is -2.64. The summed E-state index contributed by atoms with van der Waals surface area (Å²) in [7, 11) is 0. The number of thiazole rings is 1. The number of nitrogens with zero attached hydrogens (tertiary/aromatic N) is 4. The Labute approximate surface area is 318 Å². The van der Waals surface area contributed by atoms with E-state index < -0.39 is 78.3 Å². The smallest absolute Gasteiger partial charge is 0.329 e. The van der Waals surface area contributed by atoms with E-state index in [0.717, 1.165) is 18.4 Å². The number of hydrogen-bond acceptors (Lipinski definition) is 11. The maximum atomic E-state index is 14.6. The lowest BCUT2D eigenvalue weighted by Gasteiger charge is -2.42. The number of aliphatic hydroxyl groups excluding tert-OH is 1. The fourth-order valence-electron chi connectivity index (χ4n) is 8.02. The number of aromatic nitrogens is 1. The van der Waals surface area contributed by atoms with E-state index in [1.54, 1.807) is 41.5 Å². The van der Waals surface area contributed by atoms with E-state index in [1.807, 2.05) is 13.0 Å². The summed E-state index contributed by atoms with van der Waals surface area (Å²) in [6, 6.07) is 2.39. The van der Waals surface area contributed by atoms with Gasteiger partial charge in [-0.25, -0.2) is 14.6 Å². The topological polar surface area (TPSA) is 203 Å². The number of urea groups is 1. The number of carbonyl (C=O) groups excluding carboxylic acids is 6. The van der Waals surface area contributed by atoms with E-state index in [2.05, 4.69) is 26.3 Å². The molecule has 17 heteroatoms. The minimum absolute atomic E-state index is 0.0321. The van der Waals surface area contributed by atoms with Gasteiger partial charge in [0.25, 0.3) is 0 Å². The number of benzene rings is 1. The summed E-state index contributed by atoms with van der Waals surface area (Å²) in [5.41, 5.74) is 0.739. The summed E-state index contributed by atoms with van der Waals surface area (Å²) in [5.74, 6) is -2.83. The molecule has 16 nitrogen and oxygen atoms in total. The van der Waals surface area contributed by atoms with Crippen LogP contribution in [0.3, 0.4) is 0 Å². The number of aliphatic hydroxyl groups is 1. The second kappa shape index (κ2) is 17.2. The van der Waals surface area contributed by atoms with E-state index >= 15 is 0 Å². The molecule has 54 heavy (non-hydrogen) atoms. The summed E-state index contributed by atoms with van der Waals surface area (Å²) in [6.07, 6.45) is 2.34. The molecular weight excluding hydrogens is 717 g/mol. The molecule has 1 aromatic carbocycles. The van der Waals surface area contributed by atoms with Gasteiger partial charge in [0.05, 0.1) is 12.1 Å². The van der Waals surface area contributed by atoms with Gasteiger partial charge in [0.2, 0.25) is 23.6 Å². The Balaban J connectivity index is 1.32. The van der Waals surface area contributed by atoms with Crippen molar-refractivity contribution in [1.82, 2.24) is 35.6 Å². The van der Waals surface area contributed by atoms with Gasteiger partial charge in [0.1, 0.15) is 36.5 Å². The van der Waals surface area contributed by atoms with Gasteiger partial charge in [-0.15, -0.1) is 11.3 Å². The highest BCUT2D eigenvalue weighted by molar-refractivity contribution is 7.13. The molecule has 0 saturated carbocycles. The molecule has 292 valence electrons. The van der Waals surface area contributed by atoms with Crippen molar-refractivity contribution < 1.29 is 38.6 Å². The summed E-state index contributed by atoms with van der Waals surface area (Å²) >= 11 is 1.20. The van der Waals surface area contributed by atoms with Gasteiger partial charge in [0.15, 0.2) is 5.13 Å². The zero-order chi connectivity index (χ0) is 38.5. The maximum absolute atomic E-state index is 14.6. The van der Waals surface area contributed by atoms with Crippen LogP contribution in [0.15, 0.2) is 41.9 Å². The molecule has 4 aliphatic heterocycles. The van der Waals surface area contributed by atoms with Crippen LogP contribution in [0.4, 0.5) is 9.93 Å². The lowest BCUT2D eigenvalue weighted by molar-refractivity contribution is -0.163. The minimum Gasteiger partial charge on any atom is -0.458 e. The van der Waals surface area contributed by atoms with Crippen LogP contribution in [0.5, 0.6) is 0 Å². The molecule has 4 aliphatic rings.